The van der Waals surface area contributed by atoms with Crippen molar-refractivity contribution in [1.29, 1.82) is 0 Å². The van der Waals surface area contributed by atoms with Gasteiger partial charge in [-0.25, -0.2) is 4.68 Å². The van der Waals surface area contributed by atoms with Crippen LogP contribution in [-0.2, 0) is 0 Å². The zero-order valence-electron chi connectivity index (χ0n) is 12.0. The molecule has 1 heterocycles. The molecule has 5 nitrogen and oxygen atoms in total. The minimum Gasteiger partial charge on any atom is -0.307 e. The molecule has 0 spiro atoms. The van der Waals surface area contributed by atoms with Crippen molar-refractivity contribution < 1.29 is 0 Å². The molecule has 0 amide bonds. The summed E-state index contributed by atoms with van der Waals surface area (Å²) in [5.41, 5.74) is 2.28. The van der Waals surface area contributed by atoms with Gasteiger partial charge in [-0.15, -0.1) is 5.10 Å². The van der Waals surface area contributed by atoms with E-state index in [4.69, 9.17) is 0 Å². The molecular weight excluding hydrogens is 250 g/mol. The van der Waals surface area contributed by atoms with Crippen LogP contribution >= 0.6 is 0 Å². The van der Waals surface area contributed by atoms with E-state index < -0.39 is 0 Å². The van der Waals surface area contributed by atoms with Crippen LogP contribution in [0.3, 0.4) is 0 Å². The van der Waals surface area contributed by atoms with Crippen molar-refractivity contribution in [1.82, 2.24) is 25.5 Å². The highest BCUT2D eigenvalue weighted by Gasteiger charge is 2.24. The van der Waals surface area contributed by atoms with Crippen molar-refractivity contribution in [2.24, 2.45) is 5.92 Å². The Morgan fingerprint density at radius 1 is 1.35 bits per heavy atom. The third kappa shape index (κ3) is 2.72. The monoisotopic (exact) mass is 271 g/mol. The average molecular weight is 271 g/mol. The van der Waals surface area contributed by atoms with Crippen molar-refractivity contribution in [2.45, 2.75) is 45.2 Å². The summed E-state index contributed by atoms with van der Waals surface area (Å²) in [6, 6.07) is 9.37. The summed E-state index contributed by atoms with van der Waals surface area (Å²) in [7, 11) is 0. The molecule has 1 aliphatic carbocycles. The Labute approximate surface area is 119 Å². The first-order valence-corrected chi connectivity index (χ1v) is 7.33. The SMILES string of the molecule is CC(NC1CCCC1C)c1cccc(-n2cnnn2)c1. The van der Waals surface area contributed by atoms with Gasteiger partial charge >= 0.3 is 0 Å². The molecule has 1 N–H and O–H groups in total. The first-order chi connectivity index (χ1) is 9.74. The number of benzene rings is 1. The lowest BCUT2D eigenvalue weighted by Crippen LogP contribution is -2.33. The fraction of sp³-hybridized carbons (Fsp3) is 0.533. The van der Waals surface area contributed by atoms with Gasteiger partial charge in [-0.2, -0.15) is 0 Å². The molecule has 0 aliphatic heterocycles. The van der Waals surface area contributed by atoms with Gasteiger partial charge in [0, 0.05) is 12.1 Å². The van der Waals surface area contributed by atoms with Crippen molar-refractivity contribution >= 4 is 0 Å². The Balaban J connectivity index is 1.74. The van der Waals surface area contributed by atoms with E-state index in [2.05, 4.69) is 52.9 Å². The van der Waals surface area contributed by atoms with E-state index >= 15 is 0 Å². The Morgan fingerprint density at radius 2 is 2.25 bits per heavy atom. The molecule has 2 aromatic rings. The molecule has 0 radical (unpaired) electrons. The van der Waals surface area contributed by atoms with E-state index in [0.29, 0.717) is 12.1 Å². The number of rotatable bonds is 4. The zero-order chi connectivity index (χ0) is 13.9. The van der Waals surface area contributed by atoms with E-state index in [9.17, 15) is 0 Å². The Bertz CT molecular complexity index is 551. The summed E-state index contributed by atoms with van der Waals surface area (Å²) in [4.78, 5) is 0. The summed E-state index contributed by atoms with van der Waals surface area (Å²) in [6.45, 7) is 4.57. The average Bonchev–Trinajstić information content (AvgIpc) is 3.12. The molecule has 5 heteroatoms. The molecule has 106 valence electrons. The van der Waals surface area contributed by atoms with Crippen molar-refractivity contribution in [3.63, 3.8) is 0 Å². The predicted molar refractivity (Wildman–Crippen MR) is 77.5 cm³/mol. The molecule has 1 aromatic carbocycles. The molecule has 3 atom stereocenters. The van der Waals surface area contributed by atoms with Crippen LogP contribution in [0, 0.1) is 5.92 Å². The molecule has 1 fully saturated rings. The van der Waals surface area contributed by atoms with Gasteiger partial charge < -0.3 is 5.32 Å². The zero-order valence-corrected chi connectivity index (χ0v) is 12.0. The first-order valence-electron chi connectivity index (χ1n) is 7.33. The van der Waals surface area contributed by atoms with Gasteiger partial charge in [-0.05, 0) is 53.8 Å². The van der Waals surface area contributed by atoms with Crippen LogP contribution < -0.4 is 5.32 Å². The van der Waals surface area contributed by atoms with Crippen molar-refractivity contribution in [2.75, 3.05) is 0 Å². The maximum Gasteiger partial charge on any atom is 0.143 e. The fourth-order valence-electron chi connectivity index (χ4n) is 3.03. The number of nitrogens with one attached hydrogen (secondary N) is 1. The Morgan fingerprint density at radius 3 is 2.95 bits per heavy atom. The molecule has 0 bridgehead atoms. The third-order valence-corrected chi connectivity index (χ3v) is 4.31. The molecule has 1 aromatic heterocycles. The van der Waals surface area contributed by atoms with Crippen LogP contribution in [0.5, 0.6) is 0 Å². The topological polar surface area (TPSA) is 55.6 Å². The first kappa shape index (κ1) is 13.2. The minimum absolute atomic E-state index is 0.344. The molecule has 3 rings (SSSR count). The summed E-state index contributed by atoms with van der Waals surface area (Å²) in [6.07, 6.45) is 5.60. The van der Waals surface area contributed by atoms with E-state index in [1.54, 1.807) is 11.0 Å². The fourth-order valence-corrected chi connectivity index (χ4v) is 3.03. The van der Waals surface area contributed by atoms with Gasteiger partial charge in [0.15, 0.2) is 0 Å². The molecule has 20 heavy (non-hydrogen) atoms. The van der Waals surface area contributed by atoms with E-state index in [1.807, 2.05) is 6.07 Å². The van der Waals surface area contributed by atoms with Crippen LogP contribution in [0.1, 0.15) is 44.7 Å². The van der Waals surface area contributed by atoms with Crippen molar-refractivity contribution in [3.05, 3.63) is 36.2 Å². The normalized spacial score (nSPS) is 23.9. The standard InChI is InChI=1S/C15H21N5/c1-11-5-3-8-15(11)17-12(2)13-6-4-7-14(9-13)20-10-16-18-19-20/h4,6-7,9-12,15,17H,3,5,8H2,1-2H3. The molecule has 3 unspecified atom stereocenters. The third-order valence-electron chi connectivity index (χ3n) is 4.31. The summed E-state index contributed by atoms with van der Waals surface area (Å²) in [5.74, 6) is 0.778. The van der Waals surface area contributed by atoms with Gasteiger partial charge in [-0.3, -0.25) is 0 Å². The lowest BCUT2D eigenvalue weighted by Gasteiger charge is -2.23. The number of aromatic nitrogens is 4. The second-order valence-electron chi connectivity index (χ2n) is 5.75. The predicted octanol–water partition coefficient (Wildman–Crippen LogP) is 2.50. The molecule has 1 saturated carbocycles. The molecule has 0 saturated heterocycles. The molecular formula is C15H21N5. The van der Waals surface area contributed by atoms with E-state index in [0.717, 1.165) is 11.6 Å². The number of tetrazole rings is 1. The maximum absolute atomic E-state index is 3.94. The largest absolute Gasteiger partial charge is 0.307 e. The lowest BCUT2D eigenvalue weighted by atomic mass is 10.0. The smallest absolute Gasteiger partial charge is 0.143 e. The van der Waals surface area contributed by atoms with Gasteiger partial charge in [0.2, 0.25) is 0 Å². The van der Waals surface area contributed by atoms with Gasteiger partial charge in [0.05, 0.1) is 5.69 Å². The van der Waals surface area contributed by atoms with Crippen LogP contribution in [0.2, 0.25) is 0 Å². The van der Waals surface area contributed by atoms with Crippen molar-refractivity contribution in [3.8, 4) is 5.69 Å². The Hall–Kier alpha value is -1.75. The number of hydrogen-bond acceptors (Lipinski definition) is 4. The summed E-state index contributed by atoms with van der Waals surface area (Å²) < 4.78 is 1.69. The van der Waals surface area contributed by atoms with E-state index in [-0.39, 0.29) is 0 Å². The minimum atomic E-state index is 0.344. The molecule has 1 aliphatic rings. The van der Waals surface area contributed by atoms with Gasteiger partial charge in [0.1, 0.15) is 6.33 Å². The van der Waals surface area contributed by atoms with Crippen LogP contribution in [0.15, 0.2) is 30.6 Å². The lowest BCUT2D eigenvalue weighted by molar-refractivity contribution is 0.388. The second-order valence-corrected chi connectivity index (χ2v) is 5.75. The Kier molecular flexibility index (Phi) is 3.78. The highest BCUT2D eigenvalue weighted by atomic mass is 15.5. The van der Waals surface area contributed by atoms with Gasteiger partial charge in [0.25, 0.3) is 0 Å². The number of nitrogens with zero attached hydrogens (tertiary/aromatic N) is 4. The highest BCUT2D eigenvalue weighted by molar-refractivity contribution is 5.35. The van der Waals surface area contributed by atoms with Crippen LogP contribution in [0.25, 0.3) is 5.69 Å². The van der Waals surface area contributed by atoms with Crippen LogP contribution in [0.4, 0.5) is 0 Å². The number of hydrogen-bond donors (Lipinski definition) is 1. The maximum atomic E-state index is 3.94. The second kappa shape index (κ2) is 5.71. The van der Waals surface area contributed by atoms with Gasteiger partial charge in [-0.1, -0.05) is 25.5 Å². The highest BCUT2D eigenvalue weighted by Crippen LogP contribution is 2.27. The van der Waals surface area contributed by atoms with E-state index in [1.165, 1.54) is 24.8 Å². The summed E-state index contributed by atoms with van der Waals surface area (Å²) >= 11 is 0. The quantitative estimate of drug-likeness (QED) is 0.928. The summed E-state index contributed by atoms with van der Waals surface area (Å²) in [5, 5.41) is 15.1. The van der Waals surface area contributed by atoms with Crippen LogP contribution in [-0.4, -0.2) is 26.2 Å².